The second kappa shape index (κ2) is 7.83. The molecule has 1 heterocycles. The molecule has 5 heteroatoms. The molecule has 4 nitrogen and oxygen atoms in total. The summed E-state index contributed by atoms with van der Waals surface area (Å²) >= 11 is 6.35. The van der Waals surface area contributed by atoms with Gasteiger partial charge in [0.15, 0.2) is 5.78 Å². The summed E-state index contributed by atoms with van der Waals surface area (Å²) in [5.74, 6) is 0.420. The average Bonchev–Trinajstić information content (AvgIpc) is 2.93. The normalized spacial score (nSPS) is 25.2. The summed E-state index contributed by atoms with van der Waals surface area (Å²) in [5, 5.41) is 0.746. The second-order valence-corrected chi connectivity index (χ2v) is 8.16. The molecule has 0 N–H and O–H groups in total. The maximum Gasteiger partial charge on any atom is 0.226 e. The van der Waals surface area contributed by atoms with E-state index in [1.54, 1.807) is 0 Å². The van der Waals surface area contributed by atoms with Crippen molar-refractivity contribution < 1.29 is 9.59 Å². The Bertz CT molecular complexity index is 742. The lowest BCUT2D eigenvalue weighted by Gasteiger charge is -2.32. The Morgan fingerprint density at radius 2 is 2.04 bits per heavy atom. The lowest BCUT2D eigenvalue weighted by molar-refractivity contribution is -0.134. The zero-order chi connectivity index (χ0) is 18.8. The van der Waals surface area contributed by atoms with Crippen LogP contribution >= 0.6 is 11.6 Å². The number of ketones is 1. The van der Waals surface area contributed by atoms with Crippen LogP contribution in [0.1, 0.15) is 36.8 Å². The Morgan fingerprint density at radius 3 is 2.73 bits per heavy atom. The minimum absolute atomic E-state index is 0.00545. The molecule has 1 aromatic rings. The van der Waals surface area contributed by atoms with Crippen LogP contribution in [-0.2, 0) is 16.0 Å². The van der Waals surface area contributed by atoms with E-state index < -0.39 is 0 Å². The standard InChI is InChI=1S/C21H27ClN2O2/c1-14-4-5-15(19(22)10-14)11-16-8-9-24(21(16)26)18-6-7-20(25)17(12-18)13-23(2)3/h4-5,10,13,16,18H,6-9,11-12H2,1-3H3/b17-13-. The molecule has 2 unspecified atom stereocenters. The van der Waals surface area contributed by atoms with Gasteiger partial charge >= 0.3 is 0 Å². The topological polar surface area (TPSA) is 40.6 Å². The van der Waals surface area contributed by atoms with Gasteiger partial charge < -0.3 is 9.80 Å². The molecule has 1 saturated heterocycles. The van der Waals surface area contributed by atoms with Crippen LogP contribution in [0.15, 0.2) is 30.0 Å². The highest BCUT2D eigenvalue weighted by Crippen LogP contribution is 2.32. The van der Waals surface area contributed by atoms with E-state index in [1.807, 2.05) is 55.2 Å². The van der Waals surface area contributed by atoms with E-state index in [-0.39, 0.29) is 23.7 Å². The Morgan fingerprint density at radius 1 is 1.27 bits per heavy atom. The molecule has 1 amide bonds. The van der Waals surface area contributed by atoms with E-state index in [4.69, 9.17) is 11.6 Å². The smallest absolute Gasteiger partial charge is 0.226 e. The van der Waals surface area contributed by atoms with Gasteiger partial charge in [-0.1, -0.05) is 23.7 Å². The highest BCUT2D eigenvalue weighted by atomic mass is 35.5. The van der Waals surface area contributed by atoms with Crippen molar-refractivity contribution in [2.45, 2.75) is 45.1 Å². The number of halogens is 1. The molecule has 0 aromatic heterocycles. The van der Waals surface area contributed by atoms with E-state index in [0.717, 1.165) is 41.1 Å². The van der Waals surface area contributed by atoms with Crippen molar-refractivity contribution in [3.63, 3.8) is 0 Å². The van der Waals surface area contributed by atoms with Gasteiger partial charge in [-0.2, -0.15) is 0 Å². The molecule has 26 heavy (non-hydrogen) atoms. The number of carbonyl (C=O) groups excluding carboxylic acids is 2. The first-order valence-electron chi connectivity index (χ1n) is 9.31. The Labute approximate surface area is 160 Å². The van der Waals surface area contributed by atoms with E-state index >= 15 is 0 Å². The van der Waals surface area contributed by atoms with Crippen LogP contribution in [-0.4, -0.2) is 48.2 Å². The van der Waals surface area contributed by atoms with E-state index in [9.17, 15) is 9.59 Å². The third-order valence-electron chi connectivity index (χ3n) is 5.40. The quantitative estimate of drug-likeness (QED) is 0.756. The van der Waals surface area contributed by atoms with Crippen molar-refractivity contribution >= 4 is 23.3 Å². The van der Waals surface area contributed by atoms with Crippen LogP contribution < -0.4 is 0 Å². The molecule has 0 radical (unpaired) electrons. The van der Waals surface area contributed by atoms with Gasteiger partial charge in [0.2, 0.25) is 5.91 Å². The number of amides is 1. The zero-order valence-corrected chi connectivity index (χ0v) is 16.6. The van der Waals surface area contributed by atoms with Crippen LogP contribution in [0, 0.1) is 12.8 Å². The lowest BCUT2D eigenvalue weighted by atomic mass is 9.89. The molecule has 3 rings (SSSR count). The van der Waals surface area contributed by atoms with Crippen LogP contribution in [0.3, 0.4) is 0 Å². The summed E-state index contributed by atoms with van der Waals surface area (Å²) in [5.41, 5.74) is 3.01. The van der Waals surface area contributed by atoms with Gasteiger partial charge in [0, 0.05) is 55.8 Å². The molecule has 1 aromatic carbocycles. The SMILES string of the molecule is Cc1ccc(CC2CCN(C3CCC(=O)/C(=C\N(C)C)C3)C2=O)c(Cl)c1. The number of nitrogens with zero attached hydrogens (tertiary/aromatic N) is 2. The van der Waals surface area contributed by atoms with Crippen LogP contribution in [0.25, 0.3) is 0 Å². The zero-order valence-electron chi connectivity index (χ0n) is 15.8. The number of aryl methyl sites for hydroxylation is 1. The van der Waals surface area contributed by atoms with Crippen LogP contribution in [0.2, 0.25) is 5.02 Å². The van der Waals surface area contributed by atoms with Gasteiger partial charge in [0.25, 0.3) is 0 Å². The molecule has 0 spiro atoms. The summed E-state index contributed by atoms with van der Waals surface area (Å²) in [6.45, 7) is 2.79. The minimum atomic E-state index is -0.00545. The summed E-state index contributed by atoms with van der Waals surface area (Å²) < 4.78 is 0. The summed E-state index contributed by atoms with van der Waals surface area (Å²) in [7, 11) is 3.85. The Hall–Kier alpha value is -1.81. The fraction of sp³-hybridized carbons (Fsp3) is 0.524. The fourth-order valence-electron chi connectivity index (χ4n) is 4.03. The molecule has 2 aliphatic rings. The van der Waals surface area contributed by atoms with Gasteiger partial charge in [-0.25, -0.2) is 0 Å². The summed E-state index contributed by atoms with van der Waals surface area (Å²) in [4.78, 5) is 29.0. The van der Waals surface area contributed by atoms with E-state index in [2.05, 4.69) is 0 Å². The average molecular weight is 375 g/mol. The minimum Gasteiger partial charge on any atom is -0.383 e. The Kier molecular flexibility index (Phi) is 5.71. The predicted molar refractivity (Wildman–Crippen MR) is 104 cm³/mol. The highest BCUT2D eigenvalue weighted by molar-refractivity contribution is 6.31. The van der Waals surface area contributed by atoms with E-state index in [0.29, 0.717) is 19.3 Å². The molecule has 2 fully saturated rings. The van der Waals surface area contributed by atoms with Gasteiger partial charge in [-0.15, -0.1) is 0 Å². The first-order chi connectivity index (χ1) is 12.3. The largest absolute Gasteiger partial charge is 0.383 e. The number of hydrogen-bond acceptors (Lipinski definition) is 3. The lowest BCUT2D eigenvalue weighted by Crippen LogP contribution is -2.41. The molecule has 140 valence electrons. The van der Waals surface area contributed by atoms with Crippen molar-refractivity contribution in [3.05, 3.63) is 46.1 Å². The third-order valence-corrected chi connectivity index (χ3v) is 5.75. The van der Waals surface area contributed by atoms with E-state index in [1.165, 1.54) is 0 Å². The molecule has 0 bridgehead atoms. The summed E-state index contributed by atoms with van der Waals surface area (Å²) in [6, 6.07) is 6.18. The Balaban J connectivity index is 1.68. The van der Waals surface area contributed by atoms with Gasteiger partial charge in [0.05, 0.1) is 0 Å². The number of likely N-dealkylation sites (tertiary alicyclic amines) is 1. The van der Waals surface area contributed by atoms with Crippen molar-refractivity contribution in [2.24, 2.45) is 5.92 Å². The molecule has 2 atom stereocenters. The molecule has 1 aliphatic heterocycles. The number of rotatable bonds is 4. The van der Waals surface area contributed by atoms with Crippen molar-refractivity contribution in [1.29, 1.82) is 0 Å². The van der Waals surface area contributed by atoms with Gasteiger partial charge in [-0.3, -0.25) is 9.59 Å². The molecular formula is C21H27ClN2O2. The molecule has 1 saturated carbocycles. The maximum absolute atomic E-state index is 13.0. The highest BCUT2D eigenvalue weighted by Gasteiger charge is 2.38. The number of Topliss-reactive ketones (excluding diaryl/α,β-unsaturated/α-hetero) is 1. The predicted octanol–water partition coefficient (Wildman–Crippen LogP) is 3.61. The van der Waals surface area contributed by atoms with Gasteiger partial charge in [0.1, 0.15) is 0 Å². The van der Waals surface area contributed by atoms with Crippen molar-refractivity contribution in [1.82, 2.24) is 9.80 Å². The monoisotopic (exact) mass is 374 g/mol. The fourth-order valence-corrected chi connectivity index (χ4v) is 4.34. The molecular weight excluding hydrogens is 348 g/mol. The first-order valence-corrected chi connectivity index (χ1v) is 9.68. The first kappa shape index (κ1) is 19.0. The number of hydrogen-bond donors (Lipinski definition) is 0. The van der Waals surface area contributed by atoms with Gasteiger partial charge in [-0.05, 0) is 49.8 Å². The third kappa shape index (κ3) is 4.12. The number of carbonyl (C=O) groups is 2. The molecule has 1 aliphatic carbocycles. The van der Waals surface area contributed by atoms with Crippen LogP contribution in [0.5, 0.6) is 0 Å². The van der Waals surface area contributed by atoms with Crippen molar-refractivity contribution in [3.8, 4) is 0 Å². The van der Waals surface area contributed by atoms with Crippen molar-refractivity contribution in [2.75, 3.05) is 20.6 Å². The van der Waals surface area contributed by atoms with Crippen LogP contribution in [0.4, 0.5) is 0 Å². The second-order valence-electron chi connectivity index (χ2n) is 7.75. The number of benzene rings is 1. The maximum atomic E-state index is 13.0. The summed E-state index contributed by atoms with van der Waals surface area (Å²) in [6.07, 6.45) is 5.43.